The molecule has 1 aliphatic heterocycles. The van der Waals surface area contributed by atoms with E-state index >= 15 is 0 Å². The number of hydrogen-bond donors (Lipinski definition) is 1. The second-order valence-electron chi connectivity index (χ2n) is 6.17. The summed E-state index contributed by atoms with van der Waals surface area (Å²) in [4.78, 5) is 4.75. The van der Waals surface area contributed by atoms with Crippen molar-refractivity contribution in [2.45, 2.75) is 18.8 Å². The van der Waals surface area contributed by atoms with Gasteiger partial charge in [-0.05, 0) is 66.7 Å². The van der Waals surface area contributed by atoms with Crippen LogP contribution in [-0.4, -0.2) is 18.1 Å². The second-order valence-corrected chi connectivity index (χ2v) is 6.60. The van der Waals surface area contributed by atoms with E-state index in [2.05, 4.69) is 35.7 Å². The zero-order valence-corrected chi connectivity index (χ0v) is 13.2. The first kappa shape index (κ1) is 14.0. The summed E-state index contributed by atoms with van der Waals surface area (Å²) in [5, 5.41) is 4.35. The summed E-state index contributed by atoms with van der Waals surface area (Å²) in [6.07, 6.45) is 8.75. The maximum Gasteiger partial charge on any atom is 0.0554 e. The molecule has 2 heterocycles. The first-order valence-corrected chi connectivity index (χ1v) is 8.34. The highest BCUT2D eigenvalue weighted by Crippen LogP contribution is 2.41. The fourth-order valence-electron chi connectivity index (χ4n) is 3.77. The number of hydrogen-bond acceptors (Lipinski definition) is 2. The van der Waals surface area contributed by atoms with Gasteiger partial charge in [-0.3, -0.25) is 4.98 Å². The number of aromatic nitrogens is 1. The summed E-state index contributed by atoms with van der Waals surface area (Å²) < 4.78 is 0. The average molecular weight is 311 g/mol. The van der Waals surface area contributed by atoms with Gasteiger partial charge in [-0.2, -0.15) is 0 Å². The largest absolute Gasteiger partial charge is 0.316 e. The number of piperidine rings is 1. The normalized spacial score (nSPS) is 23.5. The Bertz CT molecular complexity index is 717. The van der Waals surface area contributed by atoms with Gasteiger partial charge in [0.2, 0.25) is 0 Å². The number of pyridine rings is 1. The molecule has 3 heteroatoms. The number of nitrogens with one attached hydrogen (secondary N) is 1. The molecule has 1 aromatic heterocycles. The lowest BCUT2D eigenvalue weighted by Gasteiger charge is -2.32. The Balaban J connectivity index is 1.89. The lowest BCUT2D eigenvalue weighted by Crippen LogP contribution is -2.34. The van der Waals surface area contributed by atoms with E-state index in [1.807, 2.05) is 18.3 Å². The monoisotopic (exact) mass is 310 g/mol. The quantitative estimate of drug-likeness (QED) is 0.847. The summed E-state index contributed by atoms with van der Waals surface area (Å²) in [6.45, 7) is 2.19. The molecule has 1 saturated heterocycles. The highest BCUT2D eigenvalue weighted by molar-refractivity contribution is 6.30. The minimum atomic E-state index is 0.339. The van der Waals surface area contributed by atoms with Crippen LogP contribution in [-0.2, 0) is 0 Å². The molecule has 0 amide bonds. The van der Waals surface area contributed by atoms with Crippen LogP contribution in [0.1, 0.15) is 41.1 Å². The third kappa shape index (κ3) is 2.47. The first-order valence-electron chi connectivity index (χ1n) is 7.96. The van der Waals surface area contributed by atoms with Gasteiger partial charge in [0.25, 0.3) is 0 Å². The Morgan fingerprint density at radius 1 is 1.14 bits per heavy atom. The Kier molecular flexibility index (Phi) is 3.73. The highest BCUT2D eigenvalue weighted by Gasteiger charge is 2.31. The lowest BCUT2D eigenvalue weighted by molar-refractivity contribution is 0.343. The number of halogens is 1. The van der Waals surface area contributed by atoms with Crippen molar-refractivity contribution in [2.24, 2.45) is 5.92 Å². The van der Waals surface area contributed by atoms with E-state index in [0.29, 0.717) is 11.8 Å². The SMILES string of the molecule is Clc1ccc2c(c1)C=Cc1cccnc1C2C1CCCNC1. The summed E-state index contributed by atoms with van der Waals surface area (Å²) in [7, 11) is 0. The fourth-order valence-corrected chi connectivity index (χ4v) is 3.95. The summed E-state index contributed by atoms with van der Waals surface area (Å²) in [5.74, 6) is 0.925. The lowest BCUT2D eigenvalue weighted by atomic mass is 9.77. The molecule has 4 rings (SSSR count). The predicted molar refractivity (Wildman–Crippen MR) is 92.1 cm³/mol. The highest BCUT2D eigenvalue weighted by atomic mass is 35.5. The van der Waals surface area contributed by atoms with Crippen LogP contribution < -0.4 is 5.32 Å². The number of benzene rings is 1. The minimum Gasteiger partial charge on any atom is -0.316 e. The number of nitrogens with zero attached hydrogens (tertiary/aromatic N) is 1. The molecule has 1 fully saturated rings. The number of rotatable bonds is 1. The van der Waals surface area contributed by atoms with E-state index in [9.17, 15) is 0 Å². The smallest absolute Gasteiger partial charge is 0.0554 e. The topological polar surface area (TPSA) is 24.9 Å². The molecule has 1 aliphatic carbocycles. The van der Waals surface area contributed by atoms with E-state index in [4.69, 9.17) is 16.6 Å². The molecule has 2 aromatic rings. The van der Waals surface area contributed by atoms with Crippen LogP contribution in [0.5, 0.6) is 0 Å². The summed E-state index contributed by atoms with van der Waals surface area (Å²) >= 11 is 6.21. The van der Waals surface area contributed by atoms with Gasteiger partial charge in [-0.1, -0.05) is 35.9 Å². The van der Waals surface area contributed by atoms with Crippen molar-refractivity contribution < 1.29 is 0 Å². The molecular formula is C19H19ClN2. The zero-order chi connectivity index (χ0) is 14.9. The standard InChI is InChI=1S/C19H19ClN2/c20-16-7-8-17-14(11-16)6-5-13-3-2-10-22-19(13)18(17)15-4-1-9-21-12-15/h2-3,5-8,10-11,15,18,21H,1,4,9,12H2. The average Bonchev–Trinajstić information content (AvgIpc) is 2.72. The molecule has 2 aliphatic rings. The van der Waals surface area contributed by atoms with Crippen molar-refractivity contribution in [3.8, 4) is 0 Å². The van der Waals surface area contributed by atoms with Crippen molar-refractivity contribution in [3.63, 3.8) is 0 Å². The van der Waals surface area contributed by atoms with E-state index < -0.39 is 0 Å². The van der Waals surface area contributed by atoms with Crippen LogP contribution in [0.3, 0.4) is 0 Å². The Morgan fingerprint density at radius 3 is 2.91 bits per heavy atom. The van der Waals surface area contributed by atoms with Crippen LogP contribution in [0.4, 0.5) is 0 Å². The molecule has 0 spiro atoms. The molecule has 1 aromatic carbocycles. The van der Waals surface area contributed by atoms with Crippen molar-refractivity contribution >= 4 is 23.8 Å². The second kappa shape index (κ2) is 5.86. The van der Waals surface area contributed by atoms with Gasteiger partial charge < -0.3 is 5.32 Å². The van der Waals surface area contributed by atoms with Crippen LogP contribution in [0.15, 0.2) is 36.5 Å². The molecule has 2 nitrogen and oxygen atoms in total. The molecule has 2 atom stereocenters. The van der Waals surface area contributed by atoms with Gasteiger partial charge in [0.1, 0.15) is 0 Å². The molecule has 0 radical (unpaired) electrons. The maximum atomic E-state index is 6.21. The summed E-state index contributed by atoms with van der Waals surface area (Å²) in [6, 6.07) is 10.4. The Labute approximate surface area is 136 Å². The van der Waals surface area contributed by atoms with Gasteiger partial charge in [-0.15, -0.1) is 0 Å². The van der Waals surface area contributed by atoms with Gasteiger partial charge >= 0.3 is 0 Å². The third-order valence-electron chi connectivity index (χ3n) is 4.80. The molecule has 0 saturated carbocycles. The van der Waals surface area contributed by atoms with Gasteiger partial charge in [0.15, 0.2) is 0 Å². The Hall–Kier alpha value is -1.64. The molecule has 2 unspecified atom stereocenters. The van der Waals surface area contributed by atoms with Crippen LogP contribution in [0.25, 0.3) is 12.2 Å². The molecule has 1 N–H and O–H groups in total. The fraction of sp³-hybridized carbons (Fsp3) is 0.316. The maximum absolute atomic E-state index is 6.21. The van der Waals surface area contributed by atoms with Gasteiger partial charge in [0.05, 0.1) is 5.69 Å². The molecule has 22 heavy (non-hydrogen) atoms. The zero-order valence-electron chi connectivity index (χ0n) is 12.4. The van der Waals surface area contributed by atoms with E-state index in [0.717, 1.165) is 18.1 Å². The van der Waals surface area contributed by atoms with Gasteiger partial charge in [-0.25, -0.2) is 0 Å². The third-order valence-corrected chi connectivity index (χ3v) is 5.03. The van der Waals surface area contributed by atoms with Crippen molar-refractivity contribution in [2.75, 3.05) is 13.1 Å². The van der Waals surface area contributed by atoms with Crippen molar-refractivity contribution in [1.82, 2.24) is 10.3 Å². The number of fused-ring (bicyclic) bond motifs is 2. The van der Waals surface area contributed by atoms with Crippen LogP contribution in [0, 0.1) is 5.92 Å². The molecular weight excluding hydrogens is 292 g/mol. The summed E-state index contributed by atoms with van der Waals surface area (Å²) in [5.41, 5.74) is 5.01. The molecule has 0 bridgehead atoms. The van der Waals surface area contributed by atoms with Crippen molar-refractivity contribution in [1.29, 1.82) is 0 Å². The van der Waals surface area contributed by atoms with Gasteiger partial charge in [0, 0.05) is 17.1 Å². The van der Waals surface area contributed by atoms with E-state index in [1.165, 1.54) is 35.2 Å². The predicted octanol–water partition coefficient (Wildman–Crippen LogP) is 4.35. The van der Waals surface area contributed by atoms with Crippen molar-refractivity contribution in [3.05, 3.63) is 63.9 Å². The van der Waals surface area contributed by atoms with Crippen LogP contribution >= 0.6 is 11.6 Å². The molecule has 112 valence electrons. The van der Waals surface area contributed by atoms with E-state index in [-0.39, 0.29) is 0 Å². The van der Waals surface area contributed by atoms with E-state index in [1.54, 1.807) is 0 Å². The Morgan fingerprint density at radius 2 is 2.05 bits per heavy atom. The minimum absolute atomic E-state index is 0.339. The van der Waals surface area contributed by atoms with Crippen LogP contribution in [0.2, 0.25) is 5.02 Å². The first-order chi connectivity index (χ1) is 10.8.